The summed E-state index contributed by atoms with van der Waals surface area (Å²) >= 11 is 0. The number of carbonyl (C=O) groups excluding carboxylic acids is 1. The van der Waals surface area contributed by atoms with Crippen LogP contribution in [0.2, 0.25) is 0 Å². The predicted octanol–water partition coefficient (Wildman–Crippen LogP) is -0.301. The van der Waals surface area contributed by atoms with Crippen LogP contribution in [0.3, 0.4) is 0 Å². The first-order valence-electron chi connectivity index (χ1n) is 4.83. The number of amides is 1. The summed E-state index contributed by atoms with van der Waals surface area (Å²) in [5.41, 5.74) is 0. The van der Waals surface area contributed by atoms with E-state index >= 15 is 0 Å². The molecule has 1 aliphatic rings. The van der Waals surface area contributed by atoms with Crippen molar-refractivity contribution in [1.82, 2.24) is 4.90 Å². The maximum Gasteiger partial charge on any atom is 0.244 e. The number of hydrogen-bond donors (Lipinski definition) is 2. The molecule has 1 amide bonds. The van der Waals surface area contributed by atoms with E-state index in [9.17, 15) is 18.7 Å². The molecule has 0 unspecified atom stereocenters. The van der Waals surface area contributed by atoms with Crippen LogP contribution in [-0.4, -0.2) is 53.2 Å². The highest BCUT2D eigenvalue weighted by molar-refractivity contribution is 5.79. The summed E-state index contributed by atoms with van der Waals surface area (Å²) in [7, 11) is 0. The van der Waals surface area contributed by atoms with Crippen molar-refractivity contribution in [3.05, 3.63) is 0 Å². The molecule has 1 rings (SSSR count). The summed E-state index contributed by atoms with van der Waals surface area (Å²) in [5.74, 6) is -1.87. The number of nitrogens with zero attached hydrogens (tertiary/aromatic N) is 1. The van der Waals surface area contributed by atoms with E-state index in [4.69, 9.17) is 5.11 Å². The Kier molecular flexibility index (Phi) is 3.98. The molecule has 1 saturated heterocycles. The van der Waals surface area contributed by atoms with E-state index in [1.54, 1.807) is 0 Å². The lowest BCUT2D eigenvalue weighted by Gasteiger charge is -2.40. The highest BCUT2D eigenvalue weighted by atomic mass is 19.3. The molecule has 0 spiro atoms. The molecule has 0 aromatic rings. The summed E-state index contributed by atoms with van der Waals surface area (Å²) in [6.07, 6.45) is -3.52. The highest BCUT2D eigenvalue weighted by Gasteiger charge is 2.39. The molecular weight excluding hydrogens is 208 g/mol. The van der Waals surface area contributed by atoms with Crippen molar-refractivity contribution >= 4 is 5.91 Å². The van der Waals surface area contributed by atoms with E-state index in [2.05, 4.69) is 0 Å². The molecule has 0 aromatic heterocycles. The van der Waals surface area contributed by atoms with Gasteiger partial charge in [-0.2, -0.15) is 0 Å². The van der Waals surface area contributed by atoms with E-state index < -0.39 is 31.0 Å². The SMILES string of the molecule is C[C@@H](C(=O)N1CC(C(F)F)C1)[C@@H](O)CO. The summed E-state index contributed by atoms with van der Waals surface area (Å²) in [6, 6.07) is 0. The maximum atomic E-state index is 12.1. The Hall–Kier alpha value is -0.750. The van der Waals surface area contributed by atoms with Gasteiger partial charge in [0.05, 0.1) is 24.5 Å². The van der Waals surface area contributed by atoms with Gasteiger partial charge in [-0.3, -0.25) is 4.79 Å². The molecule has 6 heteroatoms. The Morgan fingerprint density at radius 3 is 2.47 bits per heavy atom. The zero-order chi connectivity index (χ0) is 11.6. The molecule has 0 aromatic carbocycles. The maximum absolute atomic E-state index is 12.1. The van der Waals surface area contributed by atoms with Crippen LogP contribution in [0.25, 0.3) is 0 Å². The summed E-state index contributed by atoms with van der Waals surface area (Å²) in [6.45, 7) is 1.05. The summed E-state index contributed by atoms with van der Waals surface area (Å²) in [4.78, 5) is 12.8. The van der Waals surface area contributed by atoms with E-state index in [1.165, 1.54) is 11.8 Å². The lowest BCUT2D eigenvalue weighted by atomic mass is 9.96. The lowest BCUT2D eigenvalue weighted by Crippen LogP contribution is -2.55. The highest BCUT2D eigenvalue weighted by Crippen LogP contribution is 2.24. The Bertz CT molecular complexity index is 231. The minimum absolute atomic E-state index is 0.0407. The molecule has 0 radical (unpaired) electrons. The standard InChI is InChI=1S/C9H15F2NO3/c1-5(7(14)4-13)9(15)12-2-6(3-12)8(10)11/h5-8,13-14H,2-4H2,1H3/t5-,7+/m1/s1. The fraction of sp³-hybridized carbons (Fsp3) is 0.889. The zero-order valence-corrected chi connectivity index (χ0v) is 8.44. The molecule has 0 bridgehead atoms. The molecule has 0 aliphatic carbocycles. The molecule has 1 fully saturated rings. The third kappa shape index (κ3) is 2.63. The van der Waals surface area contributed by atoms with Gasteiger partial charge in [0.15, 0.2) is 0 Å². The number of likely N-dealkylation sites (tertiary alicyclic amines) is 1. The molecule has 2 atom stereocenters. The fourth-order valence-corrected chi connectivity index (χ4v) is 1.46. The second kappa shape index (κ2) is 4.85. The fourth-order valence-electron chi connectivity index (χ4n) is 1.46. The average Bonchev–Trinajstić information content (AvgIpc) is 2.12. The third-order valence-electron chi connectivity index (χ3n) is 2.73. The van der Waals surface area contributed by atoms with Gasteiger partial charge in [-0.25, -0.2) is 8.78 Å². The minimum atomic E-state index is -2.40. The van der Waals surface area contributed by atoms with Gasteiger partial charge in [-0.1, -0.05) is 6.92 Å². The van der Waals surface area contributed by atoms with Crippen molar-refractivity contribution in [2.75, 3.05) is 19.7 Å². The molecule has 15 heavy (non-hydrogen) atoms. The van der Waals surface area contributed by atoms with E-state index in [1.807, 2.05) is 0 Å². The van der Waals surface area contributed by atoms with Crippen molar-refractivity contribution < 1.29 is 23.8 Å². The second-order valence-electron chi connectivity index (χ2n) is 3.88. The molecule has 88 valence electrons. The van der Waals surface area contributed by atoms with E-state index in [0.717, 1.165) is 0 Å². The van der Waals surface area contributed by atoms with Gasteiger partial charge in [0.2, 0.25) is 12.3 Å². The van der Waals surface area contributed by atoms with Crippen molar-refractivity contribution in [2.45, 2.75) is 19.5 Å². The number of carbonyl (C=O) groups is 1. The Morgan fingerprint density at radius 2 is 2.07 bits per heavy atom. The third-order valence-corrected chi connectivity index (χ3v) is 2.73. The van der Waals surface area contributed by atoms with Crippen LogP contribution in [0.1, 0.15) is 6.92 Å². The van der Waals surface area contributed by atoms with Crippen molar-refractivity contribution in [1.29, 1.82) is 0 Å². The number of rotatable bonds is 4. The number of aliphatic hydroxyl groups is 2. The van der Waals surface area contributed by atoms with Crippen LogP contribution in [0.15, 0.2) is 0 Å². The number of hydrogen-bond acceptors (Lipinski definition) is 3. The number of aliphatic hydroxyl groups excluding tert-OH is 2. The Labute approximate surface area is 86.5 Å². The molecule has 1 aliphatic heterocycles. The van der Waals surface area contributed by atoms with Gasteiger partial charge in [0.1, 0.15) is 0 Å². The quantitative estimate of drug-likeness (QED) is 0.688. The van der Waals surface area contributed by atoms with E-state index in [-0.39, 0.29) is 19.0 Å². The molecule has 1 heterocycles. The molecular formula is C9H15F2NO3. The molecule has 2 N–H and O–H groups in total. The van der Waals surface area contributed by atoms with Crippen LogP contribution < -0.4 is 0 Å². The predicted molar refractivity (Wildman–Crippen MR) is 48.3 cm³/mol. The van der Waals surface area contributed by atoms with Crippen molar-refractivity contribution in [2.24, 2.45) is 11.8 Å². The van der Waals surface area contributed by atoms with Gasteiger partial charge >= 0.3 is 0 Å². The first-order chi connectivity index (χ1) is 6.97. The van der Waals surface area contributed by atoms with Crippen molar-refractivity contribution in [3.8, 4) is 0 Å². The van der Waals surface area contributed by atoms with Gasteiger partial charge in [0.25, 0.3) is 0 Å². The van der Waals surface area contributed by atoms with Crippen LogP contribution in [-0.2, 0) is 4.79 Å². The van der Waals surface area contributed by atoms with Gasteiger partial charge in [0, 0.05) is 13.1 Å². The topological polar surface area (TPSA) is 60.8 Å². The monoisotopic (exact) mass is 223 g/mol. The Morgan fingerprint density at radius 1 is 1.53 bits per heavy atom. The smallest absolute Gasteiger partial charge is 0.244 e. The molecule has 0 saturated carbocycles. The van der Waals surface area contributed by atoms with Crippen LogP contribution >= 0.6 is 0 Å². The number of alkyl halides is 2. The van der Waals surface area contributed by atoms with Gasteiger partial charge in [-0.15, -0.1) is 0 Å². The van der Waals surface area contributed by atoms with Crippen molar-refractivity contribution in [3.63, 3.8) is 0 Å². The first-order valence-corrected chi connectivity index (χ1v) is 4.83. The molecule has 4 nitrogen and oxygen atoms in total. The van der Waals surface area contributed by atoms with Crippen LogP contribution in [0.5, 0.6) is 0 Å². The largest absolute Gasteiger partial charge is 0.394 e. The second-order valence-corrected chi connectivity index (χ2v) is 3.88. The van der Waals surface area contributed by atoms with Crippen LogP contribution in [0.4, 0.5) is 8.78 Å². The summed E-state index contributed by atoms with van der Waals surface area (Å²) < 4.78 is 24.2. The number of halogens is 2. The van der Waals surface area contributed by atoms with Crippen LogP contribution in [0, 0.1) is 11.8 Å². The minimum Gasteiger partial charge on any atom is -0.394 e. The normalized spacial score (nSPS) is 21.3. The average molecular weight is 223 g/mol. The Balaban J connectivity index is 2.38. The lowest BCUT2D eigenvalue weighted by molar-refractivity contribution is -0.150. The van der Waals surface area contributed by atoms with E-state index in [0.29, 0.717) is 0 Å². The first kappa shape index (κ1) is 12.3. The summed E-state index contributed by atoms with van der Waals surface area (Å²) in [5, 5.41) is 17.8. The van der Waals surface area contributed by atoms with Gasteiger partial charge in [-0.05, 0) is 0 Å². The van der Waals surface area contributed by atoms with Gasteiger partial charge < -0.3 is 15.1 Å². The zero-order valence-electron chi connectivity index (χ0n) is 8.44.